The van der Waals surface area contributed by atoms with E-state index >= 15 is 0 Å². The molecular formula is C14H21NO3. The zero-order valence-corrected chi connectivity index (χ0v) is 11.2. The minimum atomic E-state index is 0.113. The normalized spacial score (nSPS) is 24.6. The molecule has 1 saturated heterocycles. The number of hydrogen-bond acceptors (Lipinski definition) is 4. The minimum absolute atomic E-state index is 0.113. The van der Waals surface area contributed by atoms with E-state index in [0.717, 1.165) is 30.8 Å². The van der Waals surface area contributed by atoms with Crippen molar-refractivity contribution in [2.45, 2.75) is 25.7 Å². The number of phenolic OH excluding ortho intramolecular Hbond substituents is 1. The second-order valence-corrected chi connectivity index (χ2v) is 4.83. The largest absolute Gasteiger partial charge is 0.507 e. The summed E-state index contributed by atoms with van der Waals surface area (Å²) in [5, 5.41) is 10.0. The molecule has 0 aliphatic carbocycles. The molecule has 2 atom stereocenters. The van der Waals surface area contributed by atoms with Gasteiger partial charge in [-0.3, -0.25) is 4.90 Å². The summed E-state index contributed by atoms with van der Waals surface area (Å²) in [4.78, 5) is 2.25. The van der Waals surface area contributed by atoms with Crippen LogP contribution in [0.5, 0.6) is 5.75 Å². The molecule has 18 heavy (non-hydrogen) atoms. The Hall–Kier alpha value is -1.10. The Labute approximate surface area is 108 Å². The smallest absolute Gasteiger partial charge is 0.122 e. The quantitative estimate of drug-likeness (QED) is 0.881. The Morgan fingerprint density at radius 2 is 1.83 bits per heavy atom. The predicted molar refractivity (Wildman–Crippen MR) is 69.7 cm³/mol. The van der Waals surface area contributed by atoms with Crippen molar-refractivity contribution in [1.82, 2.24) is 4.90 Å². The van der Waals surface area contributed by atoms with Gasteiger partial charge in [0.2, 0.25) is 0 Å². The molecule has 4 heteroatoms. The number of nitrogens with zero attached hydrogens (tertiary/aromatic N) is 1. The zero-order chi connectivity index (χ0) is 13.1. The van der Waals surface area contributed by atoms with Gasteiger partial charge in [0.05, 0.1) is 12.2 Å². The molecule has 1 fully saturated rings. The molecule has 1 aromatic rings. The van der Waals surface area contributed by atoms with Crippen molar-refractivity contribution in [3.8, 4) is 5.75 Å². The molecule has 0 aromatic heterocycles. The van der Waals surface area contributed by atoms with E-state index in [1.54, 1.807) is 14.2 Å². The van der Waals surface area contributed by atoms with E-state index in [0.29, 0.717) is 5.75 Å². The van der Waals surface area contributed by atoms with Crippen LogP contribution in [0.25, 0.3) is 0 Å². The third kappa shape index (κ3) is 2.66. The van der Waals surface area contributed by atoms with Crippen LogP contribution >= 0.6 is 0 Å². The van der Waals surface area contributed by atoms with Crippen LogP contribution in [-0.4, -0.2) is 49.5 Å². The van der Waals surface area contributed by atoms with Gasteiger partial charge in [0, 0.05) is 39.4 Å². The summed E-state index contributed by atoms with van der Waals surface area (Å²) in [5.41, 5.74) is 1.87. The number of hydrogen-bond donors (Lipinski definition) is 1. The molecule has 1 N–H and O–H groups in total. The third-order valence-corrected chi connectivity index (χ3v) is 3.61. The number of aromatic hydroxyl groups is 1. The van der Waals surface area contributed by atoms with Crippen molar-refractivity contribution in [3.05, 3.63) is 29.3 Å². The van der Waals surface area contributed by atoms with Crippen molar-refractivity contribution in [2.24, 2.45) is 0 Å². The van der Waals surface area contributed by atoms with Crippen LogP contribution in [0.15, 0.2) is 18.2 Å². The van der Waals surface area contributed by atoms with Crippen LogP contribution < -0.4 is 0 Å². The summed E-state index contributed by atoms with van der Waals surface area (Å²) in [5.74, 6) is 0.396. The van der Waals surface area contributed by atoms with Crippen LogP contribution in [0.1, 0.15) is 11.1 Å². The molecule has 2 rings (SSSR count). The first-order chi connectivity index (χ1) is 8.65. The summed E-state index contributed by atoms with van der Waals surface area (Å²) >= 11 is 0. The van der Waals surface area contributed by atoms with Crippen LogP contribution in [0, 0.1) is 6.92 Å². The van der Waals surface area contributed by atoms with E-state index in [1.165, 1.54) is 0 Å². The van der Waals surface area contributed by atoms with Crippen LogP contribution in [-0.2, 0) is 16.0 Å². The first-order valence-corrected chi connectivity index (χ1v) is 6.21. The molecule has 4 nitrogen and oxygen atoms in total. The Morgan fingerprint density at radius 3 is 2.39 bits per heavy atom. The highest BCUT2D eigenvalue weighted by molar-refractivity contribution is 5.39. The van der Waals surface area contributed by atoms with Gasteiger partial charge in [0.25, 0.3) is 0 Å². The van der Waals surface area contributed by atoms with Crippen molar-refractivity contribution >= 4 is 0 Å². The molecule has 0 bridgehead atoms. The lowest BCUT2D eigenvalue weighted by atomic mass is 10.1. The zero-order valence-electron chi connectivity index (χ0n) is 11.2. The number of methoxy groups -OCH3 is 2. The molecule has 0 radical (unpaired) electrons. The van der Waals surface area contributed by atoms with Gasteiger partial charge in [0.1, 0.15) is 5.75 Å². The van der Waals surface area contributed by atoms with Gasteiger partial charge in [-0.15, -0.1) is 0 Å². The molecule has 100 valence electrons. The highest BCUT2D eigenvalue weighted by atomic mass is 16.5. The number of para-hydroxylation sites is 1. The van der Waals surface area contributed by atoms with Crippen molar-refractivity contribution < 1.29 is 14.6 Å². The van der Waals surface area contributed by atoms with Gasteiger partial charge in [-0.25, -0.2) is 0 Å². The Morgan fingerprint density at radius 1 is 1.22 bits per heavy atom. The minimum Gasteiger partial charge on any atom is -0.507 e. The molecule has 2 unspecified atom stereocenters. The molecule has 0 saturated carbocycles. The highest BCUT2D eigenvalue weighted by Gasteiger charge is 2.33. The average molecular weight is 251 g/mol. The Bertz CT molecular complexity index is 396. The second kappa shape index (κ2) is 5.69. The lowest BCUT2D eigenvalue weighted by Gasteiger charge is -2.16. The topological polar surface area (TPSA) is 41.9 Å². The lowest BCUT2D eigenvalue weighted by molar-refractivity contribution is -0.00461. The molecular weight excluding hydrogens is 230 g/mol. The van der Waals surface area contributed by atoms with Crippen molar-refractivity contribution in [1.29, 1.82) is 0 Å². The van der Waals surface area contributed by atoms with Gasteiger partial charge < -0.3 is 14.6 Å². The summed E-state index contributed by atoms with van der Waals surface area (Å²) in [6.45, 7) is 4.32. The van der Waals surface area contributed by atoms with Gasteiger partial charge in [-0.05, 0) is 12.5 Å². The fourth-order valence-corrected chi connectivity index (χ4v) is 2.49. The maximum Gasteiger partial charge on any atom is 0.122 e. The monoisotopic (exact) mass is 251 g/mol. The van der Waals surface area contributed by atoms with Crippen LogP contribution in [0.3, 0.4) is 0 Å². The van der Waals surface area contributed by atoms with E-state index < -0.39 is 0 Å². The average Bonchev–Trinajstić information content (AvgIpc) is 2.77. The van der Waals surface area contributed by atoms with Gasteiger partial charge in [0.15, 0.2) is 0 Å². The van der Waals surface area contributed by atoms with Crippen molar-refractivity contribution in [3.63, 3.8) is 0 Å². The second-order valence-electron chi connectivity index (χ2n) is 4.83. The molecule has 0 amide bonds. The predicted octanol–water partition coefficient (Wildman–Crippen LogP) is 1.55. The Balaban J connectivity index is 2.05. The number of rotatable bonds is 4. The fourth-order valence-electron chi connectivity index (χ4n) is 2.49. The lowest BCUT2D eigenvalue weighted by Crippen LogP contribution is -2.27. The SMILES string of the molecule is COC1CN(Cc2cccc(C)c2O)CC1OC. The summed E-state index contributed by atoms with van der Waals surface area (Å²) in [6, 6.07) is 5.85. The number of benzene rings is 1. The number of ether oxygens (including phenoxy) is 2. The van der Waals surface area contributed by atoms with Crippen LogP contribution in [0.2, 0.25) is 0 Å². The van der Waals surface area contributed by atoms with E-state index in [1.807, 2.05) is 25.1 Å². The maximum absolute atomic E-state index is 10.0. The molecule has 0 spiro atoms. The van der Waals surface area contributed by atoms with Crippen LogP contribution in [0.4, 0.5) is 0 Å². The van der Waals surface area contributed by atoms with Gasteiger partial charge >= 0.3 is 0 Å². The van der Waals surface area contributed by atoms with Gasteiger partial charge in [-0.2, -0.15) is 0 Å². The number of phenols is 1. The summed E-state index contributed by atoms with van der Waals surface area (Å²) in [7, 11) is 3.43. The van der Waals surface area contributed by atoms with E-state index in [2.05, 4.69) is 4.90 Å². The first-order valence-electron chi connectivity index (χ1n) is 6.21. The maximum atomic E-state index is 10.0. The molecule has 1 aliphatic heterocycles. The summed E-state index contributed by atoms with van der Waals surface area (Å²) in [6.07, 6.45) is 0.226. The van der Waals surface area contributed by atoms with E-state index in [9.17, 15) is 5.11 Å². The fraction of sp³-hybridized carbons (Fsp3) is 0.571. The number of aryl methyl sites for hydroxylation is 1. The molecule has 1 aliphatic rings. The molecule has 1 heterocycles. The van der Waals surface area contributed by atoms with Gasteiger partial charge in [-0.1, -0.05) is 18.2 Å². The molecule has 1 aromatic carbocycles. The first kappa shape index (κ1) is 13.3. The summed E-state index contributed by atoms with van der Waals surface area (Å²) < 4.78 is 10.8. The highest BCUT2D eigenvalue weighted by Crippen LogP contribution is 2.25. The standard InChI is InChI=1S/C14H21NO3/c1-10-5-4-6-11(14(10)16)7-15-8-12(17-2)13(9-15)18-3/h4-6,12-13,16H,7-9H2,1-3H3. The Kier molecular flexibility index (Phi) is 4.22. The number of likely N-dealkylation sites (tertiary alicyclic amines) is 1. The van der Waals surface area contributed by atoms with Crippen molar-refractivity contribution in [2.75, 3.05) is 27.3 Å². The van der Waals surface area contributed by atoms with E-state index in [4.69, 9.17) is 9.47 Å². The van der Waals surface area contributed by atoms with E-state index in [-0.39, 0.29) is 12.2 Å². The third-order valence-electron chi connectivity index (χ3n) is 3.61.